The van der Waals surface area contributed by atoms with Crippen molar-refractivity contribution in [1.29, 1.82) is 0 Å². The fourth-order valence-corrected chi connectivity index (χ4v) is 4.95. The summed E-state index contributed by atoms with van der Waals surface area (Å²) in [5.41, 5.74) is 1.89. The summed E-state index contributed by atoms with van der Waals surface area (Å²) in [4.78, 5) is 13.0. The van der Waals surface area contributed by atoms with Crippen LogP contribution in [0.1, 0.15) is 28.5 Å². The van der Waals surface area contributed by atoms with Gasteiger partial charge in [0.2, 0.25) is 0 Å². The summed E-state index contributed by atoms with van der Waals surface area (Å²) >= 11 is 6.10. The Morgan fingerprint density at radius 2 is 2.00 bits per heavy atom. The second-order valence-electron chi connectivity index (χ2n) is 6.58. The number of nitrogens with one attached hydrogen (secondary N) is 1. The zero-order valence-electron chi connectivity index (χ0n) is 15.6. The first-order valence-corrected chi connectivity index (χ1v) is 11.2. The lowest BCUT2D eigenvalue weighted by molar-refractivity contribution is 0.102. The number of halogens is 1. The average Bonchev–Trinajstić information content (AvgIpc) is 3.15. The molecule has 0 saturated heterocycles. The Labute approximate surface area is 173 Å². The molecule has 0 unspecified atom stereocenters. The van der Waals surface area contributed by atoms with Gasteiger partial charge in [0.15, 0.2) is 9.84 Å². The molecule has 0 saturated carbocycles. The van der Waals surface area contributed by atoms with E-state index in [9.17, 15) is 13.2 Å². The number of aromatic nitrogens is 2. The van der Waals surface area contributed by atoms with Crippen LogP contribution in [-0.2, 0) is 21.3 Å². The van der Waals surface area contributed by atoms with Crippen molar-refractivity contribution in [3.05, 3.63) is 70.4 Å². The third-order valence-electron chi connectivity index (χ3n) is 4.50. The van der Waals surface area contributed by atoms with Crippen molar-refractivity contribution < 1.29 is 17.9 Å². The van der Waals surface area contributed by atoms with E-state index in [1.54, 1.807) is 48.5 Å². The van der Waals surface area contributed by atoms with Gasteiger partial charge in [0.25, 0.3) is 5.91 Å². The third kappa shape index (κ3) is 3.86. The van der Waals surface area contributed by atoms with Crippen LogP contribution >= 0.6 is 11.6 Å². The molecule has 0 fully saturated rings. The number of carbonyl (C=O) groups excluding carboxylic acids is 1. The number of anilines is 1. The highest BCUT2D eigenvalue weighted by atomic mass is 35.5. The van der Waals surface area contributed by atoms with Crippen LogP contribution in [0, 0.1) is 0 Å². The van der Waals surface area contributed by atoms with E-state index in [1.807, 2.05) is 6.92 Å². The number of ether oxygens (including phenoxy) is 1. The summed E-state index contributed by atoms with van der Waals surface area (Å²) in [5.74, 6) is 0.0227. The largest absolute Gasteiger partial charge is 0.493 e. The van der Waals surface area contributed by atoms with Gasteiger partial charge < -0.3 is 10.1 Å². The summed E-state index contributed by atoms with van der Waals surface area (Å²) in [6.45, 7) is 2.25. The first-order valence-electron chi connectivity index (χ1n) is 8.98. The van der Waals surface area contributed by atoms with Crippen molar-refractivity contribution >= 4 is 33.2 Å². The standard InChI is InChI=1S/C20H18ClN3O4S/c1-2-28-18-9-4-3-8-15(18)20(25)22-19-16-11-29(26,27)12-17(16)23-24(19)14-7-5-6-13(21)10-14/h3-10H,2,11-12H2,1H3,(H,22,25). The number of amides is 1. The Hall–Kier alpha value is -2.84. The Balaban J connectivity index is 1.78. The highest BCUT2D eigenvalue weighted by molar-refractivity contribution is 7.90. The van der Waals surface area contributed by atoms with Crippen molar-refractivity contribution in [3.63, 3.8) is 0 Å². The van der Waals surface area contributed by atoms with Gasteiger partial charge in [-0.05, 0) is 37.3 Å². The Morgan fingerprint density at radius 3 is 2.76 bits per heavy atom. The third-order valence-corrected chi connectivity index (χ3v) is 6.18. The summed E-state index contributed by atoms with van der Waals surface area (Å²) < 4.78 is 31.2. The Morgan fingerprint density at radius 1 is 1.21 bits per heavy atom. The van der Waals surface area contributed by atoms with Crippen molar-refractivity contribution in [2.24, 2.45) is 0 Å². The van der Waals surface area contributed by atoms with Crippen molar-refractivity contribution in [2.75, 3.05) is 11.9 Å². The predicted molar refractivity (Wildman–Crippen MR) is 110 cm³/mol. The first kappa shape index (κ1) is 19.5. The topological polar surface area (TPSA) is 90.3 Å². The van der Waals surface area contributed by atoms with E-state index in [1.165, 1.54) is 4.68 Å². The highest BCUT2D eigenvalue weighted by Gasteiger charge is 2.33. The normalized spacial score (nSPS) is 14.4. The number of nitrogens with zero attached hydrogens (tertiary/aromatic N) is 2. The lowest BCUT2D eigenvalue weighted by Gasteiger charge is -2.13. The van der Waals surface area contributed by atoms with Crippen LogP contribution < -0.4 is 10.1 Å². The van der Waals surface area contributed by atoms with E-state index < -0.39 is 15.7 Å². The summed E-state index contributed by atoms with van der Waals surface area (Å²) in [5, 5.41) is 7.78. The minimum absolute atomic E-state index is 0.158. The van der Waals surface area contributed by atoms with Gasteiger partial charge in [0.1, 0.15) is 11.6 Å². The van der Waals surface area contributed by atoms with Crippen molar-refractivity contribution in [2.45, 2.75) is 18.4 Å². The molecule has 0 radical (unpaired) electrons. The number of fused-ring (bicyclic) bond motifs is 1. The minimum atomic E-state index is -3.29. The molecule has 3 aromatic rings. The molecule has 0 spiro atoms. The van der Waals surface area contributed by atoms with E-state index in [0.29, 0.717) is 45.7 Å². The van der Waals surface area contributed by atoms with Crippen LogP contribution in [0.15, 0.2) is 48.5 Å². The molecule has 0 aliphatic carbocycles. The average molecular weight is 432 g/mol. The van der Waals surface area contributed by atoms with Crippen LogP contribution in [-0.4, -0.2) is 30.7 Å². The van der Waals surface area contributed by atoms with Gasteiger partial charge in [-0.2, -0.15) is 5.10 Å². The molecule has 4 rings (SSSR count). The minimum Gasteiger partial charge on any atom is -0.493 e. The number of carbonyl (C=O) groups is 1. The van der Waals surface area contributed by atoms with E-state index in [4.69, 9.17) is 16.3 Å². The van der Waals surface area contributed by atoms with Gasteiger partial charge in [-0.1, -0.05) is 29.8 Å². The van der Waals surface area contributed by atoms with Gasteiger partial charge in [-0.3, -0.25) is 4.79 Å². The molecule has 9 heteroatoms. The van der Waals surface area contributed by atoms with Gasteiger partial charge in [0.05, 0.1) is 35.1 Å². The molecule has 1 aromatic heterocycles. The molecule has 2 aromatic carbocycles. The van der Waals surface area contributed by atoms with Crippen LogP contribution in [0.4, 0.5) is 5.82 Å². The van der Waals surface area contributed by atoms with E-state index in [2.05, 4.69) is 10.4 Å². The molecule has 29 heavy (non-hydrogen) atoms. The smallest absolute Gasteiger partial charge is 0.260 e. The maximum atomic E-state index is 13.0. The molecule has 1 amide bonds. The molecule has 1 N–H and O–H groups in total. The van der Waals surface area contributed by atoms with Gasteiger partial charge in [-0.15, -0.1) is 0 Å². The van der Waals surface area contributed by atoms with Gasteiger partial charge in [-0.25, -0.2) is 13.1 Å². The number of para-hydroxylation sites is 1. The molecule has 1 aliphatic rings. The van der Waals surface area contributed by atoms with Gasteiger partial charge in [0, 0.05) is 10.6 Å². The van der Waals surface area contributed by atoms with E-state index in [0.717, 1.165) is 0 Å². The van der Waals surface area contributed by atoms with Crippen molar-refractivity contribution in [3.8, 4) is 11.4 Å². The summed E-state index contributed by atoms with van der Waals surface area (Å²) in [7, 11) is -3.29. The molecule has 1 aliphatic heterocycles. The fourth-order valence-electron chi connectivity index (χ4n) is 3.28. The Kier molecular flexibility index (Phi) is 5.06. The number of rotatable bonds is 5. The first-order chi connectivity index (χ1) is 13.9. The number of sulfone groups is 1. The molecule has 0 atom stereocenters. The number of hydrogen-bond acceptors (Lipinski definition) is 5. The second kappa shape index (κ2) is 7.53. The molecule has 150 valence electrons. The van der Waals surface area contributed by atoms with Crippen LogP contribution in [0.3, 0.4) is 0 Å². The van der Waals surface area contributed by atoms with Crippen LogP contribution in [0.25, 0.3) is 5.69 Å². The van der Waals surface area contributed by atoms with E-state index in [-0.39, 0.29) is 11.5 Å². The maximum absolute atomic E-state index is 13.0. The van der Waals surface area contributed by atoms with Gasteiger partial charge >= 0.3 is 0 Å². The fraction of sp³-hybridized carbons (Fsp3) is 0.200. The molecule has 0 bridgehead atoms. The Bertz CT molecular complexity index is 1200. The van der Waals surface area contributed by atoms with Crippen LogP contribution in [0.5, 0.6) is 5.75 Å². The SMILES string of the molecule is CCOc1ccccc1C(=O)Nc1c2c(nn1-c1cccc(Cl)c1)CS(=O)(=O)C2. The quantitative estimate of drug-likeness (QED) is 0.666. The number of benzene rings is 2. The van der Waals surface area contributed by atoms with Crippen LogP contribution in [0.2, 0.25) is 5.02 Å². The van der Waals surface area contributed by atoms with Crippen molar-refractivity contribution in [1.82, 2.24) is 9.78 Å². The molecule has 7 nitrogen and oxygen atoms in total. The predicted octanol–water partition coefficient (Wildman–Crippen LogP) is 3.61. The summed E-state index contributed by atoms with van der Waals surface area (Å²) in [6, 6.07) is 13.8. The second-order valence-corrected chi connectivity index (χ2v) is 9.08. The molecular formula is C20H18ClN3O4S. The summed E-state index contributed by atoms with van der Waals surface area (Å²) in [6.07, 6.45) is 0. The molecule has 2 heterocycles. The maximum Gasteiger partial charge on any atom is 0.260 e. The lowest BCUT2D eigenvalue weighted by Crippen LogP contribution is -2.18. The zero-order valence-corrected chi connectivity index (χ0v) is 17.1. The zero-order chi connectivity index (χ0) is 20.6. The lowest BCUT2D eigenvalue weighted by atomic mass is 10.2. The van der Waals surface area contributed by atoms with E-state index >= 15 is 0 Å². The monoisotopic (exact) mass is 431 g/mol. The molecular weight excluding hydrogens is 414 g/mol. The number of hydrogen-bond donors (Lipinski definition) is 1. The highest BCUT2D eigenvalue weighted by Crippen LogP contribution is 2.34.